The number of carbonyl (C=O) groups is 1. The topological polar surface area (TPSA) is 50.1 Å². The van der Waals surface area contributed by atoms with Gasteiger partial charge in [0.25, 0.3) is 0 Å². The van der Waals surface area contributed by atoms with Gasteiger partial charge in [0, 0.05) is 0 Å². The summed E-state index contributed by atoms with van der Waals surface area (Å²) in [6, 6.07) is 5.62. The molecule has 0 aliphatic carbocycles. The molecule has 4 heteroatoms. The summed E-state index contributed by atoms with van der Waals surface area (Å²) >= 11 is 0. The second-order valence-electron chi connectivity index (χ2n) is 4.68. The van der Waals surface area contributed by atoms with Gasteiger partial charge in [-0.2, -0.15) is 5.26 Å². The molecule has 90 valence electrons. The Kier molecular flexibility index (Phi) is 3.84. The Bertz CT molecular complexity index is 469. The molecule has 0 aliphatic rings. The van der Waals surface area contributed by atoms with Crippen LogP contribution in [0.1, 0.15) is 31.9 Å². The second kappa shape index (κ2) is 4.96. The maximum atomic E-state index is 12.9. The van der Waals surface area contributed by atoms with E-state index in [0.717, 1.165) is 6.07 Å². The van der Waals surface area contributed by atoms with Crippen LogP contribution >= 0.6 is 0 Å². The predicted octanol–water partition coefficient (Wildman–Crippen LogP) is 2.58. The standard InChI is InChI=1S/C13H14FNO2/c1-13(2,3)17-12(16)7-9-4-5-11(14)6-10(9)8-15/h4-6H,7H2,1-3H3. The first-order chi connectivity index (χ1) is 7.81. The maximum Gasteiger partial charge on any atom is 0.310 e. The van der Waals surface area contributed by atoms with Gasteiger partial charge in [0.05, 0.1) is 18.1 Å². The highest BCUT2D eigenvalue weighted by Crippen LogP contribution is 2.14. The highest BCUT2D eigenvalue weighted by molar-refractivity contribution is 5.74. The molecule has 0 atom stereocenters. The molecule has 1 rings (SSSR count). The van der Waals surface area contributed by atoms with E-state index in [2.05, 4.69) is 0 Å². The van der Waals surface area contributed by atoms with Crippen LogP contribution in [0.3, 0.4) is 0 Å². The summed E-state index contributed by atoms with van der Waals surface area (Å²) < 4.78 is 18.0. The van der Waals surface area contributed by atoms with Gasteiger partial charge in [0.1, 0.15) is 11.4 Å². The quantitative estimate of drug-likeness (QED) is 0.740. The second-order valence-corrected chi connectivity index (χ2v) is 4.68. The van der Waals surface area contributed by atoms with E-state index >= 15 is 0 Å². The molecule has 0 heterocycles. The van der Waals surface area contributed by atoms with Crippen molar-refractivity contribution >= 4 is 5.97 Å². The fourth-order valence-electron chi connectivity index (χ4n) is 1.34. The lowest BCUT2D eigenvalue weighted by atomic mass is 10.1. The summed E-state index contributed by atoms with van der Waals surface area (Å²) in [7, 11) is 0. The third-order valence-corrected chi connectivity index (χ3v) is 1.95. The molecule has 1 aromatic carbocycles. The number of esters is 1. The lowest BCUT2D eigenvalue weighted by Crippen LogP contribution is -2.25. The van der Waals surface area contributed by atoms with Gasteiger partial charge in [-0.05, 0) is 38.5 Å². The molecule has 0 unspecified atom stereocenters. The minimum absolute atomic E-state index is 0.0273. The number of rotatable bonds is 2. The summed E-state index contributed by atoms with van der Waals surface area (Å²) in [5.74, 6) is -0.921. The van der Waals surface area contributed by atoms with Crippen molar-refractivity contribution in [3.8, 4) is 6.07 Å². The molecule has 0 spiro atoms. The van der Waals surface area contributed by atoms with Gasteiger partial charge in [-0.1, -0.05) is 6.07 Å². The number of halogens is 1. The Balaban J connectivity index is 2.83. The van der Waals surface area contributed by atoms with Crippen molar-refractivity contribution in [3.05, 3.63) is 35.1 Å². The zero-order valence-corrected chi connectivity index (χ0v) is 10.1. The van der Waals surface area contributed by atoms with E-state index in [4.69, 9.17) is 10.00 Å². The molecule has 0 aromatic heterocycles. The first-order valence-electron chi connectivity index (χ1n) is 5.22. The Hall–Kier alpha value is -1.89. The van der Waals surface area contributed by atoms with Gasteiger partial charge in [0.2, 0.25) is 0 Å². The van der Waals surface area contributed by atoms with Crippen molar-refractivity contribution in [1.29, 1.82) is 5.26 Å². The van der Waals surface area contributed by atoms with E-state index in [-0.39, 0.29) is 12.0 Å². The third-order valence-electron chi connectivity index (χ3n) is 1.95. The van der Waals surface area contributed by atoms with Crippen LogP contribution in [0.2, 0.25) is 0 Å². The van der Waals surface area contributed by atoms with Crippen LogP contribution in [-0.4, -0.2) is 11.6 Å². The minimum atomic E-state index is -0.566. The molecule has 3 nitrogen and oxygen atoms in total. The molecule has 1 aromatic rings. The minimum Gasteiger partial charge on any atom is -0.460 e. The monoisotopic (exact) mass is 235 g/mol. The maximum absolute atomic E-state index is 12.9. The Morgan fingerprint density at radius 1 is 1.47 bits per heavy atom. The largest absolute Gasteiger partial charge is 0.460 e. The fraction of sp³-hybridized carbons (Fsp3) is 0.385. The van der Waals surface area contributed by atoms with Crippen LogP contribution in [0.25, 0.3) is 0 Å². The number of benzene rings is 1. The molecule has 0 amide bonds. The van der Waals surface area contributed by atoms with Gasteiger partial charge < -0.3 is 4.74 Å². The molecular formula is C13H14FNO2. The number of carbonyl (C=O) groups excluding carboxylic acids is 1. The SMILES string of the molecule is CC(C)(C)OC(=O)Cc1ccc(F)cc1C#N. The van der Waals surface area contributed by atoms with Crippen molar-refractivity contribution in [2.75, 3.05) is 0 Å². The van der Waals surface area contributed by atoms with E-state index < -0.39 is 17.4 Å². The molecule has 0 saturated carbocycles. The van der Waals surface area contributed by atoms with E-state index in [9.17, 15) is 9.18 Å². The summed E-state index contributed by atoms with van der Waals surface area (Å²) in [6.07, 6.45) is -0.0273. The summed E-state index contributed by atoms with van der Waals surface area (Å²) in [6.45, 7) is 5.29. The van der Waals surface area contributed by atoms with Crippen molar-refractivity contribution in [2.45, 2.75) is 32.8 Å². The molecular weight excluding hydrogens is 221 g/mol. The van der Waals surface area contributed by atoms with Crippen LogP contribution < -0.4 is 0 Å². The van der Waals surface area contributed by atoms with Crippen LogP contribution in [0.15, 0.2) is 18.2 Å². The Morgan fingerprint density at radius 2 is 2.12 bits per heavy atom. The average molecular weight is 235 g/mol. The highest BCUT2D eigenvalue weighted by atomic mass is 19.1. The van der Waals surface area contributed by atoms with Gasteiger partial charge in [0.15, 0.2) is 0 Å². The van der Waals surface area contributed by atoms with Crippen molar-refractivity contribution < 1.29 is 13.9 Å². The third kappa shape index (κ3) is 4.23. The molecule has 0 radical (unpaired) electrons. The highest BCUT2D eigenvalue weighted by Gasteiger charge is 2.17. The fourth-order valence-corrected chi connectivity index (χ4v) is 1.34. The average Bonchev–Trinajstić information content (AvgIpc) is 2.17. The predicted molar refractivity (Wildman–Crippen MR) is 60.7 cm³/mol. The smallest absolute Gasteiger partial charge is 0.310 e. The molecule has 0 fully saturated rings. The van der Waals surface area contributed by atoms with E-state index in [1.54, 1.807) is 20.8 Å². The van der Waals surface area contributed by atoms with Gasteiger partial charge >= 0.3 is 5.97 Å². The van der Waals surface area contributed by atoms with Crippen LogP contribution in [-0.2, 0) is 16.0 Å². The number of nitrogens with zero attached hydrogens (tertiary/aromatic N) is 1. The van der Waals surface area contributed by atoms with Crippen molar-refractivity contribution in [2.24, 2.45) is 0 Å². The van der Waals surface area contributed by atoms with E-state index in [1.165, 1.54) is 12.1 Å². The zero-order valence-electron chi connectivity index (χ0n) is 10.1. The molecule has 0 N–H and O–H groups in total. The van der Waals surface area contributed by atoms with E-state index in [1.807, 2.05) is 6.07 Å². The van der Waals surface area contributed by atoms with Crippen molar-refractivity contribution in [3.63, 3.8) is 0 Å². The number of ether oxygens (including phenoxy) is 1. The molecule has 0 aliphatic heterocycles. The number of hydrogen-bond donors (Lipinski definition) is 0. The van der Waals surface area contributed by atoms with Crippen molar-refractivity contribution in [1.82, 2.24) is 0 Å². The lowest BCUT2D eigenvalue weighted by molar-refractivity contribution is -0.153. The van der Waals surface area contributed by atoms with Gasteiger partial charge in [-0.15, -0.1) is 0 Å². The van der Waals surface area contributed by atoms with Crippen LogP contribution in [0.4, 0.5) is 4.39 Å². The van der Waals surface area contributed by atoms with E-state index in [0.29, 0.717) is 5.56 Å². The molecule has 17 heavy (non-hydrogen) atoms. The molecule has 0 bridgehead atoms. The first-order valence-corrected chi connectivity index (χ1v) is 5.22. The number of hydrogen-bond acceptors (Lipinski definition) is 3. The normalized spacial score (nSPS) is 10.8. The first kappa shape index (κ1) is 13.2. The zero-order chi connectivity index (χ0) is 13.1. The summed E-state index contributed by atoms with van der Waals surface area (Å²) in [5, 5.41) is 8.82. The van der Waals surface area contributed by atoms with Gasteiger partial charge in [-0.25, -0.2) is 4.39 Å². The van der Waals surface area contributed by atoms with Crippen LogP contribution in [0.5, 0.6) is 0 Å². The number of nitriles is 1. The summed E-state index contributed by atoms with van der Waals surface area (Å²) in [4.78, 5) is 11.6. The lowest BCUT2D eigenvalue weighted by Gasteiger charge is -2.19. The van der Waals surface area contributed by atoms with Gasteiger partial charge in [-0.3, -0.25) is 4.79 Å². The Morgan fingerprint density at radius 3 is 2.65 bits per heavy atom. The van der Waals surface area contributed by atoms with Crippen LogP contribution in [0, 0.1) is 17.1 Å². The molecule has 0 saturated heterocycles. The Labute approximate surface area is 99.8 Å². The summed E-state index contributed by atoms with van der Waals surface area (Å²) in [5.41, 5.74) is 0.0724.